The number of carboxylic acids is 1. The first kappa shape index (κ1) is 11.9. The van der Waals surface area contributed by atoms with Crippen LogP contribution in [-0.2, 0) is 4.79 Å². The van der Waals surface area contributed by atoms with E-state index in [9.17, 15) is 4.79 Å². The van der Waals surface area contributed by atoms with Crippen LogP contribution in [0.4, 0.5) is 5.13 Å². The molecule has 0 bridgehead atoms. The topological polar surface area (TPSA) is 66.3 Å². The first-order valence-electron chi connectivity index (χ1n) is 6.56. The van der Waals surface area contributed by atoms with E-state index in [4.69, 9.17) is 5.11 Å². The Balaban J connectivity index is 1.75. The SMILES string of the molecule is O=C(O)CC1CCCCN1c1nc(C2CC2)ns1. The van der Waals surface area contributed by atoms with Crippen LogP contribution in [0.5, 0.6) is 0 Å². The van der Waals surface area contributed by atoms with Crippen molar-refractivity contribution >= 4 is 22.6 Å². The van der Waals surface area contributed by atoms with Gasteiger partial charge in [-0.3, -0.25) is 4.79 Å². The highest BCUT2D eigenvalue weighted by atomic mass is 32.1. The lowest BCUT2D eigenvalue weighted by atomic mass is 10.0. The van der Waals surface area contributed by atoms with Gasteiger partial charge < -0.3 is 10.0 Å². The summed E-state index contributed by atoms with van der Waals surface area (Å²) < 4.78 is 4.41. The Hall–Kier alpha value is -1.17. The van der Waals surface area contributed by atoms with Gasteiger partial charge in [0.25, 0.3) is 0 Å². The van der Waals surface area contributed by atoms with Gasteiger partial charge in [-0.05, 0) is 32.1 Å². The normalized spacial score (nSPS) is 24.2. The molecule has 98 valence electrons. The van der Waals surface area contributed by atoms with Crippen LogP contribution in [-0.4, -0.2) is 33.0 Å². The number of carboxylic acid groups (broad SMARTS) is 1. The van der Waals surface area contributed by atoms with E-state index in [1.807, 2.05) is 0 Å². The molecule has 2 heterocycles. The zero-order chi connectivity index (χ0) is 12.5. The number of piperidine rings is 1. The van der Waals surface area contributed by atoms with Crippen molar-refractivity contribution in [2.45, 2.75) is 50.5 Å². The van der Waals surface area contributed by atoms with Gasteiger partial charge in [0, 0.05) is 30.0 Å². The molecule has 1 aliphatic heterocycles. The molecule has 0 amide bonds. The van der Waals surface area contributed by atoms with E-state index in [1.165, 1.54) is 24.4 Å². The van der Waals surface area contributed by atoms with Gasteiger partial charge in [0.05, 0.1) is 6.42 Å². The number of rotatable bonds is 4. The van der Waals surface area contributed by atoms with Gasteiger partial charge in [0.15, 0.2) is 0 Å². The average Bonchev–Trinajstić information content (AvgIpc) is 3.08. The summed E-state index contributed by atoms with van der Waals surface area (Å²) in [7, 11) is 0. The smallest absolute Gasteiger partial charge is 0.305 e. The van der Waals surface area contributed by atoms with Crippen molar-refractivity contribution in [1.82, 2.24) is 9.36 Å². The van der Waals surface area contributed by atoms with Crippen molar-refractivity contribution in [2.75, 3.05) is 11.4 Å². The lowest BCUT2D eigenvalue weighted by Crippen LogP contribution is -2.40. The van der Waals surface area contributed by atoms with Gasteiger partial charge in [-0.2, -0.15) is 4.37 Å². The fourth-order valence-corrected chi connectivity index (χ4v) is 3.36. The fourth-order valence-electron chi connectivity index (χ4n) is 2.52. The van der Waals surface area contributed by atoms with Crippen LogP contribution in [0.25, 0.3) is 0 Å². The van der Waals surface area contributed by atoms with E-state index < -0.39 is 5.97 Å². The number of aliphatic carboxylic acids is 1. The van der Waals surface area contributed by atoms with Crippen LogP contribution in [0.15, 0.2) is 0 Å². The maximum atomic E-state index is 10.9. The van der Waals surface area contributed by atoms with Crippen molar-refractivity contribution < 1.29 is 9.90 Å². The van der Waals surface area contributed by atoms with Crippen molar-refractivity contribution in [2.24, 2.45) is 0 Å². The molecule has 1 atom stereocenters. The maximum absolute atomic E-state index is 10.9. The Bertz CT molecular complexity index is 444. The van der Waals surface area contributed by atoms with E-state index in [0.29, 0.717) is 5.92 Å². The number of hydrogen-bond acceptors (Lipinski definition) is 5. The lowest BCUT2D eigenvalue weighted by Gasteiger charge is -2.34. The van der Waals surface area contributed by atoms with E-state index in [1.54, 1.807) is 0 Å². The van der Waals surface area contributed by atoms with Gasteiger partial charge >= 0.3 is 5.97 Å². The molecule has 0 aromatic carbocycles. The Morgan fingerprint density at radius 2 is 2.22 bits per heavy atom. The zero-order valence-electron chi connectivity index (χ0n) is 10.2. The van der Waals surface area contributed by atoms with E-state index in [-0.39, 0.29) is 12.5 Å². The summed E-state index contributed by atoms with van der Waals surface area (Å²) in [6, 6.07) is 0.0938. The molecule has 6 heteroatoms. The Labute approximate surface area is 110 Å². The summed E-state index contributed by atoms with van der Waals surface area (Å²) in [5.74, 6) is 0.811. The zero-order valence-corrected chi connectivity index (χ0v) is 11.0. The first-order valence-corrected chi connectivity index (χ1v) is 7.33. The minimum atomic E-state index is -0.723. The highest BCUT2D eigenvalue weighted by Crippen LogP contribution is 2.40. The van der Waals surface area contributed by atoms with Crippen LogP contribution < -0.4 is 4.90 Å². The van der Waals surface area contributed by atoms with E-state index >= 15 is 0 Å². The number of carbonyl (C=O) groups is 1. The second-order valence-electron chi connectivity index (χ2n) is 5.15. The molecule has 1 saturated carbocycles. The third-order valence-corrected chi connectivity index (χ3v) is 4.42. The summed E-state index contributed by atoms with van der Waals surface area (Å²) in [6.07, 6.45) is 5.80. The molecule has 1 saturated heterocycles. The van der Waals surface area contributed by atoms with Crippen molar-refractivity contribution in [1.29, 1.82) is 0 Å². The van der Waals surface area contributed by atoms with Crippen LogP contribution in [0.3, 0.4) is 0 Å². The van der Waals surface area contributed by atoms with Crippen LogP contribution in [0, 0.1) is 0 Å². The van der Waals surface area contributed by atoms with Crippen molar-refractivity contribution in [3.63, 3.8) is 0 Å². The first-order chi connectivity index (χ1) is 8.74. The molecule has 5 nitrogen and oxygen atoms in total. The molecule has 1 aromatic heterocycles. The minimum Gasteiger partial charge on any atom is -0.481 e. The Morgan fingerprint density at radius 3 is 2.94 bits per heavy atom. The molecule has 1 N–H and O–H groups in total. The summed E-state index contributed by atoms with van der Waals surface area (Å²) in [4.78, 5) is 17.7. The van der Waals surface area contributed by atoms with Gasteiger partial charge in [-0.1, -0.05) is 0 Å². The Kier molecular flexibility index (Phi) is 3.20. The highest BCUT2D eigenvalue weighted by molar-refractivity contribution is 7.09. The van der Waals surface area contributed by atoms with Crippen LogP contribution in [0.2, 0.25) is 0 Å². The molecule has 3 rings (SSSR count). The summed E-state index contributed by atoms with van der Waals surface area (Å²) in [5, 5.41) is 9.89. The molecule has 0 radical (unpaired) electrons. The molecule has 1 aromatic rings. The van der Waals surface area contributed by atoms with Gasteiger partial charge in [0.2, 0.25) is 5.13 Å². The second-order valence-corrected chi connectivity index (χ2v) is 5.88. The third kappa shape index (κ3) is 2.48. The second kappa shape index (κ2) is 4.84. The predicted octanol–water partition coefficient (Wildman–Crippen LogP) is 2.25. The Morgan fingerprint density at radius 1 is 1.39 bits per heavy atom. The molecular formula is C12H17N3O2S. The van der Waals surface area contributed by atoms with Crippen LogP contribution in [0.1, 0.15) is 50.3 Å². The quantitative estimate of drug-likeness (QED) is 0.906. The van der Waals surface area contributed by atoms with Crippen molar-refractivity contribution in [3.8, 4) is 0 Å². The fraction of sp³-hybridized carbons (Fsp3) is 0.750. The molecule has 18 heavy (non-hydrogen) atoms. The van der Waals surface area contributed by atoms with Crippen molar-refractivity contribution in [3.05, 3.63) is 5.82 Å². The van der Waals surface area contributed by atoms with E-state index in [0.717, 1.165) is 36.8 Å². The van der Waals surface area contributed by atoms with Gasteiger partial charge in [-0.15, -0.1) is 0 Å². The van der Waals surface area contributed by atoms with E-state index in [2.05, 4.69) is 14.3 Å². The molecule has 0 spiro atoms. The highest BCUT2D eigenvalue weighted by Gasteiger charge is 2.31. The molecule has 1 unspecified atom stereocenters. The van der Waals surface area contributed by atoms with Gasteiger partial charge in [-0.25, -0.2) is 4.98 Å². The predicted molar refractivity (Wildman–Crippen MR) is 69.1 cm³/mol. The summed E-state index contributed by atoms with van der Waals surface area (Å²) in [5.41, 5.74) is 0. The standard InChI is InChI=1S/C12H17N3O2S/c16-10(17)7-9-3-1-2-6-15(9)12-13-11(14-18-12)8-4-5-8/h8-9H,1-7H2,(H,16,17). The van der Waals surface area contributed by atoms with Gasteiger partial charge in [0.1, 0.15) is 5.82 Å². The van der Waals surface area contributed by atoms with Crippen LogP contribution >= 0.6 is 11.5 Å². The average molecular weight is 267 g/mol. The molecular weight excluding hydrogens is 250 g/mol. The summed E-state index contributed by atoms with van der Waals surface area (Å²) >= 11 is 1.43. The number of hydrogen-bond donors (Lipinski definition) is 1. The largest absolute Gasteiger partial charge is 0.481 e. The monoisotopic (exact) mass is 267 g/mol. The molecule has 2 fully saturated rings. The number of aromatic nitrogens is 2. The minimum absolute atomic E-state index is 0.0938. The lowest BCUT2D eigenvalue weighted by molar-refractivity contribution is -0.137. The molecule has 2 aliphatic rings. The third-order valence-electron chi connectivity index (χ3n) is 3.66. The number of anilines is 1. The molecule has 1 aliphatic carbocycles. The summed E-state index contributed by atoms with van der Waals surface area (Å²) in [6.45, 7) is 0.914. The maximum Gasteiger partial charge on any atom is 0.305 e. The number of nitrogens with zero attached hydrogens (tertiary/aromatic N) is 3.